The average Bonchev–Trinajstić information content (AvgIpc) is 3.06. The number of nitrogens with zero attached hydrogens (tertiary/aromatic N) is 3. The number of hydrogen-bond acceptors (Lipinski definition) is 4. The Balaban J connectivity index is 1.25. The van der Waals surface area contributed by atoms with E-state index in [1.54, 1.807) is 46.2 Å². The molecule has 2 aromatic carbocycles. The van der Waals surface area contributed by atoms with Crippen LogP contribution in [-0.4, -0.2) is 71.1 Å². The normalized spacial score (nSPS) is 16.2. The van der Waals surface area contributed by atoms with Crippen molar-refractivity contribution < 1.29 is 19.2 Å². The summed E-state index contributed by atoms with van der Waals surface area (Å²) >= 11 is 0. The number of imide groups is 1. The first-order valence-electron chi connectivity index (χ1n) is 10.3. The summed E-state index contributed by atoms with van der Waals surface area (Å²) in [7, 11) is 0. The van der Waals surface area contributed by atoms with Gasteiger partial charge in [0.2, 0.25) is 11.8 Å². The van der Waals surface area contributed by atoms with Gasteiger partial charge in [-0.25, -0.2) is 0 Å². The van der Waals surface area contributed by atoms with Crippen molar-refractivity contribution in [2.75, 3.05) is 32.7 Å². The van der Waals surface area contributed by atoms with Crippen molar-refractivity contribution in [3.8, 4) is 0 Å². The molecule has 7 nitrogen and oxygen atoms in total. The SMILES string of the molecule is O=C(/C=C/c1ccccc1)N1CCN(C(=O)CCN2C(=O)c3ccccc3C2=O)CC1. The minimum absolute atomic E-state index is 0.0597. The maximum Gasteiger partial charge on any atom is 0.261 e. The third kappa shape index (κ3) is 4.40. The van der Waals surface area contributed by atoms with Gasteiger partial charge in [-0.05, 0) is 23.8 Å². The molecule has 0 unspecified atom stereocenters. The maximum atomic E-state index is 12.6. The zero-order valence-electron chi connectivity index (χ0n) is 17.1. The summed E-state index contributed by atoms with van der Waals surface area (Å²) in [6.07, 6.45) is 3.41. The Morgan fingerprint density at radius 3 is 1.94 bits per heavy atom. The smallest absolute Gasteiger partial charge is 0.261 e. The van der Waals surface area contributed by atoms with Crippen molar-refractivity contribution in [2.45, 2.75) is 6.42 Å². The van der Waals surface area contributed by atoms with Gasteiger partial charge in [0.05, 0.1) is 11.1 Å². The van der Waals surface area contributed by atoms with Gasteiger partial charge < -0.3 is 9.80 Å². The summed E-state index contributed by atoms with van der Waals surface area (Å²) < 4.78 is 0. The second-order valence-electron chi connectivity index (χ2n) is 7.51. The molecule has 1 fully saturated rings. The predicted molar refractivity (Wildman–Crippen MR) is 115 cm³/mol. The van der Waals surface area contributed by atoms with Crippen LogP contribution in [0.25, 0.3) is 6.08 Å². The van der Waals surface area contributed by atoms with Crippen LogP contribution in [0.5, 0.6) is 0 Å². The van der Waals surface area contributed by atoms with Gasteiger partial charge in [-0.1, -0.05) is 42.5 Å². The molecule has 1 saturated heterocycles. The number of piperazine rings is 1. The van der Waals surface area contributed by atoms with Crippen molar-refractivity contribution in [2.24, 2.45) is 0 Å². The van der Waals surface area contributed by atoms with Crippen LogP contribution in [0.15, 0.2) is 60.7 Å². The lowest BCUT2D eigenvalue weighted by Crippen LogP contribution is -2.50. The molecule has 2 heterocycles. The number of benzene rings is 2. The molecule has 0 saturated carbocycles. The highest BCUT2D eigenvalue weighted by Crippen LogP contribution is 2.22. The molecule has 0 atom stereocenters. The quantitative estimate of drug-likeness (QED) is 0.551. The molecule has 7 heteroatoms. The number of rotatable bonds is 5. The van der Waals surface area contributed by atoms with Crippen molar-refractivity contribution in [1.82, 2.24) is 14.7 Å². The van der Waals surface area contributed by atoms with Crippen LogP contribution >= 0.6 is 0 Å². The highest BCUT2D eigenvalue weighted by molar-refractivity contribution is 6.21. The number of carbonyl (C=O) groups is 4. The molecule has 31 heavy (non-hydrogen) atoms. The fraction of sp³-hybridized carbons (Fsp3) is 0.250. The minimum atomic E-state index is -0.353. The third-order valence-corrected chi connectivity index (χ3v) is 5.59. The minimum Gasteiger partial charge on any atom is -0.339 e. The van der Waals surface area contributed by atoms with Gasteiger partial charge in [0, 0.05) is 45.2 Å². The highest BCUT2D eigenvalue weighted by atomic mass is 16.2. The Hall–Kier alpha value is -3.74. The fourth-order valence-corrected chi connectivity index (χ4v) is 3.82. The van der Waals surface area contributed by atoms with Crippen LogP contribution in [0, 0.1) is 0 Å². The lowest BCUT2D eigenvalue weighted by atomic mass is 10.1. The topological polar surface area (TPSA) is 78.0 Å². The van der Waals surface area contributed by atoms with Gasteiger partial charge in [-0.3, -0.25) is 24.1 Å². The van der Waals surface area contributed by atoms with E-state index in [1.807, 2.05) is 30.3 Å². The summed E-state index contributed by atoms with van der Waals surface area (Å²) in [4.78, 5) is 54.3. The zero-order valence-corrected chi connectivity index (χ0v) is 17.1. The Morgan fingerprint density at radius 1 is 0.774 bits per heavy atom. The molecule has 0 spiro atoms. The van der Waals surface area contributed by atoms with E-state index in [0.717, 1.165) is 10.5 Å². The van der Waals surface area contributed by atoms with Crippen LogP contribution in [0.1, 0.15) is 32.7 Å². The molecule has 0 bridgehead atoms. The first-order valence-corrected chi connectivity index (χ1v) is 10.3. The van der Waals surface area contributed by atoms with Crippen LogP contribution in [0.3, 0.4) is 0 Å². The molecule has 2 aliphatic rings. The van der Waals surface area contributed by atoms with Crippen molar-refractivity contribution in [3.63, 3.8) is 0 Å². The predicted octanol–water partition coefficient (Wildman–Crippen LogP) is 2.06. The molecular weight excluding hydrogens is 394 g/mol. The zero-order chi connectivity index (χ0) is 21.8. The van der Waals surface area contributed by atoms with Gasteiger partial charge in [0.1, 0.15) is 0 Å². The Labute approximate surface area is 180 Å². The molecule has 0 N–H and O–H groups in total. The standard InChI is InChI=1S/C24H23N3O4/c28-21(11-10-18-6-2-1-3-7-18)25-14-16-26(17-15-25)22(29)12-13-27-23(30)19-8-4-5-9-20(19)24(27)31/h1-11H,12-17H2/b11-10+. The number of hydrogen-bond donors (Lipinski definition) is 0. The van der Waals surface area contributed by atoms with Crippen molar-refractivity contribution >= 4 is 29.7 Å². The van der Waals surface area contributed by atoms with Gasteiger partial charge in [-0.2, -0.15) is 0 Å². The monoisotopic (exact) mass is 417 g/mol. The van der Waals surface area contributed by atoms with Crippen LogP contribution < -0.4 is 0 Å². The Bertz CT molecular complexity index is 1000. The molecule has 4 amide bonds. The maximum absolute atomic E-state index is 12.6. The lowest BCUT2D eigenvalue weighted by molar-refractivity contribution is -0.137. The summed E-state index contributed by atoms with van der Waals surface area (Å²) in [6.45, 7) is 1.84. The molecule has 4 rings (SSSR count). The van der Waals surface area contributed by atoms with E-state index < -0.39 is 0 Å². The van der Waals surface area contributed by atoms with E-state index in [-0.39, 0.29) is 36.6 Å². The summed E-state index contributed by atoms with van der Waals surface area (Å²) in [6, 6.07) is 16.3. The Kier molecular flexibility index (Phi) is 5.93. The molecule has 0 radical (unpaired) electrons. The van der Waals surface area contributed by atoms with Gasteiger partial charge >= 0.3 is 0 Å². The molecule has 0 aliphatic carbocycles. The van der Waals surface area contributed by atoms with Crippen molar-refractivity contribution in [1.29, 1.82) is 0 Å². The first kappa shape index (κ1) is 20.5. The second kappa shape index (κ2) is 8.95. The molecule has 2 aliphatic heterocycles. The number of carbonyl (C=O) groups excluding carboxylic acids is 4. The summed E-state index contributed by atoms with van der Waals surface area (Å²) in [5.41, 5.74) is 1.73. The van der Waals surface area contributed by atoms with E-state index in [9.17, 15) is 19.2 Å². The van der Waals surface area contributed by atoms with Crippen LogP contribution in [0.2, 0.25) is 0 Å². The second-order valence-corrected chi connectivity index (χ2v) is 7.51. The van der Waals surface area contributed by atoms with E-state index in [4.69, 9.17) is 0 Å². The Morgan fingerprint density at radius 2 is 1.32 bits per heavy atom. The average molecular weight is 417 g/mol. The summed E-state index contributed by atoms with van der Waals surface area (Å²) in [5, 5.41) is 0. The van der Waals surface area contributed by atoms with E-state index in [1.165, 1.54) is 0 Å². The molecule has 0 aromatic heterocycles. The third-order valence-electron chi connectivity index (χ3n) is 5.59. The summed E-state index contributed by atoms with van der Waals surface area (Å²) in [5.74, 6) is -0.909. The van der Waals surface area contributed by atoms with E-state index >= 15 is 0 Å². The highest BCUT2D eigenvalue weighted by Gasteiger charge is 2.35. The van der Waals surface area contributed by atoms with Crippen LogP contribution in [-0.2, 0) is 9.59 Å². The van der Waals surface area contributed by atoms with Gasteiger partial charge in [-0.15, -0.1) is 0 Å². The van der Waals surface area contributed by atoms with Crippen LogP contribution in [0.4, 0.5) is 0 Å². The molecular formula is C24H23N3O4. The largest absolute Gasteiger partial charge is 0.339 e. The first-order chi connectivity index (χ1) is 15.0. The van der Waals surface area contributed by atoms with Crippen molar-refractivity contribution in [3.05, 3.63) is 77.4 Å². The lowest BCUT2D eigenvalue weighted by Gasteiger charge is -2.34. The molecule has 158 valence electrons. The fourth-order valence-electron chi connectivity index (χ4n) is 3.82. The molecule has 2 aromatic rings. The van der Waals surface area contributed by atoms with E-state index in [0.29, 0.717) is 37.3 Å². The van der Waals surface area contributed by atoms with E-state index in [2.05, 4.69) is 0 Å². The van der Waals surface area contributed by atoms with Gasteiger partial charge in [0.15, 0.2) is 0 Å². The number of amides is 4. The number of fused-ring (bicyclic) bond motifs is 1. The van der Waals surface area contributed by atoms with Gasteiger partial charge in [0.25, 0.3) is 11.8 Å².